The molecule has 0 aromatic heterocycles. The molecular weight excluding hydrogens is 220 g/mol. The van der Waals surface area contributed by atoms with Crippen molar-refractivity contribution in [3.05, 3.63) is 34.9 Å². The quantitative estimate of drug-likeness (QED) is 0.836. The smallest absolute Gasteiger partial charge is 0.0965 e. The summed E-state index contributed by atoms with van der Waals surface area (Å²) in [5, 5.41) is 4.19. The Kier molecular flexibility index (Phi) is 4.23. The molecule has 0 spiro atoms. The second-order valence-electron chi connectivity index (χ2n) is 4.12. The van der Waals surface area contributed by atoms with Crippen molar-refractivity contribution in [1.82, 2.24) is 5.32 Å². The molecule has 1 aromatic carbocycles. The molecule has 86 valence electrons. The second-order valence-corrected chi connectivity index (χ2v) is 4.56. The summed E-state index contributed by atoms with van der Waals surface area (Å²) in [4.78, 5) is 4.54. The molecule has 0 aliphatic carbocycles. The number of hydrogen-bond acceptors (Lipinski definition) is 2. The fraction of sp³-hybridized carbons (Fsp3) is 0.462. The monoisotopic (exact) mass is 236 g/mol. The first-order chi connectivity index (χ1) is 7.84. The van der Waals surface area contributed by atoms with Crippen LogP contribution in [-0.4, -0.2) is 12.4 Å². The third-order valence-electron chi connectivity index (χ3n) is 2.78. The molecule has 0 saturated heterocycles. The molecule has 3 heteroatoms. The van der Waals surface area contributed by atoms with E-state index in [9.17, 15) is 0 Å². The van der Waals surface area contributed by atoms with E-state index in [4.69, 9.17) is 11.6 Å². The summed E-state index contributed by atoms with van der Waals surface area (Å²) in [5.41, 5.74) is 1.25. The maximum Gasteiger partial charge on any atom is 0.0965 e. The summed E-state index contributed by atoms with van der Waals surface area (Å²) in [6, 6.07) is 7.94. The predicted octanol–water partition coefficient (Wildman–Crippen LogP) is 3.40. The zero-order valence-corrected chi connectivity index (χ0v) is 10.1. The van der Waals surface area contributed by atoms with E-state index in [2.05, 4.69) is 10.3 Å². The molecule has 0 amide bonds. The topological polar surface area (TPSA) is 24.4 Å². The molecule has 1 aromatic rings. The first-order valence-corrected chi connectivity index (χ1v) is 6.24. The van der Waals surface area contributed by atoms with Crippen LogP contribution >= 0.6 is 11.6 Å². The molecule has 0 unspecified atom stereocenters. The molecule has 0 bridgehead atoms. The average Bonchev–Trinajstić information content (AvgIpc) is 2.57. The van der Waals surface area contributed by atoms with Crippen LogP contribution in [0.1, 0.15) is 31.2 Å². The molecule has 0 radical (unpaired) electrons. The van der Waals surface area contributed by atoms with Crippen LogP contribution in [0.5, 0.6) is 0 Å². The fourth-order valence-corrected chi connectivity index (χ4v) is 1.95. The van der Waals surface area contributed by atoms with Gasteiger partial charge in [0, 0.05) is 24.5 Å². The largest absolute Gasteiger partial charge is 0.370 e. The molecular formula is C13H17ClN2. The van der Waals surface area contributed by atoms with Gasteiger partial charge in [-0.15, -0.1) is 0 Å². The predicted molar refractivity (Wildman–Crippen MR) is 69.1 cm³/mol. The van der Waals surface area contributed by atoms with Crippen LogP contribution in [0.3, 0.4) is 0 Å². The molecule has 2 nitrogen and oxygen atoms in total. The van der Waals surface area contributed by atoms with E-state index in [-0.39, 0.29) is 0 Å². The number of benzene rings is 1. The summed E-state index contributed by atoms with van der Waals surface area (Å²) in [6.07, 6.45) is 4.88. The molecule has 1 aliphatic rings. The number of halogens is 1. The van der Waals surface area contributed by atoms with Gasteiger partial charge in [-0.3, -0.25) is 4.99 Å². The Hall–Kier alpha value is -1.02. The molecule has 2 rings (SSSR count). The van der Waals surface area contributed by atoms with Gasteiger partial charge >= 0.3 is 0 Å². The molecule has 0 atom stereocenters. The maximum absolute atomic E-state index is 5.84. The highest BCUT2D eigenvalue weighted by Crippen LogP contribution is 2.10. The van der Waals surface area contributed by atoms with E-state index in [1.54, 1.807) is 0 Å². The lowest BCUT2D eigenvalue weighted by molar-refractivity contribution is 0.728. The minimum Gasteiger partial charge on any atom is -0.370 e. The highest BCUT2D eigenvalue weighted by atomic mass is 35.5. The van der Waals surface area contributed by atoms with E-state index >= 15 is 0 Å². The van der Waals surface area contributed by atoms with Gasteiger partial charge in [0.05, 0.1) is 5.84 Å². The molecule has 1 heterocycles. The van der Waals surface area contributed by atoms with Gasteiger partial charge < -0.3 is 5.32 Å². The van der Waals surface area contributed by atoms with Crippen LogP contribution in [0.2, 0.25) is 5.02 Å². The van der Waals surface area contributed by atoms with E-state index in [1.165, 1.54) is 24.8 Å². The van der Waals surface area contributed by atoms with Gasteiger partial charge in [0.15, 0.2) is 0 Å². The van der Waals surface area contributed by atoms with Gasteiger partial charge in [-0.05, 0) is 30.5 Å². The third kappa shape index (κ3) is 3.53. The van der Waals surface area contributed by atoms with Crippen molar-refractivity contribution in [2.45, 2.75) is 32.2 Å². The summed E-state index contributed by atoms with van der Waals surface area (Å²) < 4.78 is 0. The van der Waals surface area contributed by atoms with E-state index < -0.39 is 0 Å². The van der Waals surface area contributed by atoms with Crippen molar-refractivity contribution in [2.24, 2.45) is 4.99 Å². The average molecular weight is 237 g/mol. The van der Waals surface area contributed by atoms with Gasteiger partial charge in [0.25, 0.3) is 0 Å². The Labute approximate surface area is 102 Å². The SMILES string of the molecule is Clc1ccc(CNC2=NCCCCC2)cc1. The Morgan fingerprint density at radius 2 is 1.94 bits per heavy atom. The Morgan fingerprint density at radius 3 is 2.75 bits per heavy atom. The molecule has 0 saturated carbocycles. The van der Waals surface area contributed by atoms with Crippen LogP contribution in [0.15, 0.2) is 29.3 Å². The van der Waals surface area contributed by atoms with Crippen LogP contribution in [-0.2, 0) is 6.54 Å². The summed E-state index contributed by atoms with van der Waals surface area (Å²) in [7, 11) is 0. The number of hydrogen-bond donors (Lipinski definition) is 1. The number of rotatable bonds is 2. The molecule has 1 N–H and O–H groups in total. The van der Waals surface area contributed by atoms with Gasteiger partial charge in [0.1, 0.15) is 0 Å². The minimum atomic E-state index is 0.788. The van der Waals surface area contributed by atoms with Gasteiger partial charge in [-0.2, -0.15) is 0 Å². The van der Waals surface area contributed by atoms with Gasteiger partial charge in [0.2, 0.25) is 0 Å². The zero-order chi connectivity index (χ0) is 11.2. The van der Waals surface area contributed by atoms with Gasteiger partial charge in [-0.1, -0.05) is 30.2 Å². The number of nitrogens with one attached hydrogen (secondary N) is 1. The Morgan fingerprint density at radius 1 is 1.12 bits per heavy atom. The van der Waals surface area contributed by atoms with Crippen molar-refractivity contribution < 1.29 is 0 Å². The highest BCUT2D eigenvalue weighted by molar-refractivity contribution is 6.30. The fourth-order valence-electron chi connectivity index (χ4n) is 1.82. The van der Waals surface area contributed by atoms with Crippen LogP contribution in [0, 0.1) is 0 Å². The van der Waals surface area contributed by atoms with E-state index in [1.807, 2.05) is 24.3 Å². The number of aliphatic imine (C=N–C) groups is 1. The highest BCUT2D eigenvalue weighted by Gasteiger charge is 2.03. The van der Waals surface area contributed by atoms with Crippen molar-refractivity contribution in [3.63, 3.8) is 0 Å². The third-order valence-corrected chi connectivity index (χ3v) is 3.04. The maximum atomic E-state index is 5.84. The molecule has 16 heavy (non-hydrogen) atoms. The van der Waals surface area contributed by atoms with Crippen LogP contribution in [0.25, 0.3) is 0 Å². The molecule has 0 fully saturated rings. The first kappa shape index (κ1) is 11.5. The van der Waals surface area contributed by atoms with Crippen molar-refractivity contribution in [3.8, 4) is 0 Å². The molecule has 1 aliphatic heterocycles. The van der Waals surface area contributed by atoms with E-state index in [0.29, 0.717) is 0 Å². The first-order valence-electron chi connectivity index (χ1n) is 5.86. The van der Waals surface area contributed by atoms with Crippen LogP contribution < -0.4 is 5.32 Å². The minimum absolute atomic E-state index is 0.788. The van der Waals surface area contributed by atoms with Crippen molar-refractivity contribution >= 4 is 17.4 Å². The number of nitrogens with zero attached hydrogens (tertiary/aromatic N) is 1. The summed E-state index contributed by atoms with van der Waals surface area (Å²) in [5.74, 6) is 1.16. The lowest BCUT2D eigenvalue weighted by Gasteiger charge is -2.08. The van der Waals surface area contributed by atoms with Gasteiger partial charge in [-0.25, -0.2) is 0 Å². The van der Waals surface area contributed by atoms with Crippen LogP contribution in [0.4, 0.5) is 0 Å². The van der Waals surface area contributed by atoms with E-state index in [0.717, 1.165) is 30.4 Å². The Balaban J connectivity index is 1.86. The lowest BCUT2D eigenvalue weighted by atomic mass is 10.2. The zero-order valence-electron chi connectivity index (χ0n) is 9.38. The Bertz CT molecular complexity index is 357. The summed E-state index contributed by atoms with van der Waals surface area (Å²) >= 11 is 5.84. The van der Waals surface area contributed by atoms with Crippen molar-refractivity contribution in [1.29, 1.82) is 0 Å². The van der Waals surface area contributed by atoms with Crippen molar-refractivity contribution in [2.75, 3.05) is 6.54 Å². The normalized spacial score (nSPS) is 16.4. The summed E-state index contributed by atoms with van der Waals surface area (Å²) in [6.45, 7) is 1.82. The standard InChI is InChI=1S/C13H17ClN2/c14-12-7-5-11(6-8-12)10-16-13-4-2-1-3-9-15-13/h5-8H,1-4,9-10H2,(H,15,16). The second kappa shape index (κ2) is 5.90. The lowest BCUT2D eigenvalue weighted by Crippen LogP contribution is -2.22. The number of amidine groups is 1.